The Morgan fingerprint density at radius 1 is 1.55 bits per heavy atom. The Kier molecular flexibility index (Phi) is 2.31. The summed E-state index contributed by atoms with van der Waals surface area (Å²) in [5, 5.41) is 0. The summed E-state index contributed by atoms with van der Waals surface area (Å²) >= 11 is 0. The van der Waals surface area contributed by atoms with Gasteiger partial charge in [0.15, 0.2) is 6.29 Å². The predicted octanol–water partition coefficient (Wildman–Crippen LogP) is 1.16. The van der Waals surface area contributed by atoms with Gasteiger partial charge in [0.05, 0.1) is 0 Å². The Hall–Kier alpha value is -1.25. The first-order valence-electron chi connectivity index (χ1n) is 3.56. The molecule has 0 N–H and O–H groups in total. The fourth-order valence-electron chi connectivity index (χ4n) is 0.875. The van der Waals surface area contributed by atoms with Crippen molar-refractivity contribution in [1.29, 1.82) is 0 Å². The number of carbonyl (C=O) groups is 1. The minimum absolute atomic E-state index is 0.467. The molecule has 0 atom stereocenters. The minimum atomic E-state index is 0.467. The van der Waals surface area contributed by atoms with Crippen LogP contribution in [-0.2, 0) is 6.42 Å². The van der Waals surface area contributed by atoms with Gasteiger partial charge < -0.3 is 0 Å². The lowest BCUT2D eigenvalue weighted by Gasteiger charge is -1.97. The van der Waals surface area contributed by atoms with Gasteiger partial charge in [-0.1, -0.05) is 6.92 Å². The lowest BCUT2D eigenvalue weighted by molar-refractivity contribution is 0.111. The lowest BCUT2D eigenvalue weighted by Crippen LogP contribution is -1.98. The van der Waals surface area contributed by atoms with Gasteiger partial charge >= 0.3 is 0 Å². The highest BCUT2D eigenvalue weighted by Gasteiger charge is 1.97. The molecule has 0 saturated heterocycles. The fraction of sp³-hybridized carbons (Fsp3) is 0.375. The van der Waals surface area contributed by atoms with Crippen LogP contribution in [0.3, 0.4) is 0 Å². The molecule has 0 aliphatic carbocycles. The van der Waals surface area contributed by atoms with Gasteiger partial charge in [-0.3, -0.25) is 4.79 Å². The summed E-state index contributed by atoms with van der Waals surface area (Å²) in [4.78, 5) is 18.5. The summed E-state index contributed by atoms with van der Waals surface area (Å²) in [5.74, 6) is 0.729. The molecule has 11 heavy (non-hydrogen) atoms. The van der Waals surface area contributed by atoms with Crippen molar-refractivity contribution in [2.24, 2.45) is 0 Å². The van der Waals surface area contributed by atoms with Crippen LogP contribution in [0, 0.1) is 6.92 Å². The summed E-state index contributed by atoms with van der Waals surface area (Å²) in [6, 6.07) is 1.67. The number of aldehydes is 1. The molecular formula is C8H10N2O. The highest BCUT2D eigenvalue weighted by molar-refractivity contribution is 5.71. The molecule has 1 rings (SSSR count). The zero-order chi connectivity index (χ0) is 8.27. The summed E-state index contributed by atoms with van der Waals surface area (Å²) in [5.41, 5.74) is 1.31. The Morgan fingerprint density at radius 2 is 2.27 bits per heavy atom. The molecule has 0 amide bonds. The smallest absolute Gasteiger partial charge is 0.168 e. The van der Waals surface area contributed by atoms with Crippen molar-refractivity contribution in [3.8, 4) is 0 Å². The van der Waals surface area contributed by atoms with Crippen LogP contribution in [0.25, 0.3) is 0 Å². The second-order valence-electron chi connectivity index (χ2n) is 2.32. The van der Waals surface area contributed by atoms with Crippen molar-refractivity contribution >= 4 is 6.29 Å². The summed E-state index contributed by atoms with van der Waals surface area (Å²) in [7, 11) is 0. The molecule has 0 radical (unpaired) electrons. The van der Waals surface area contributed by atoms with Gasteiger partial charge in [-0.25, -0.2) is 9.97 Å². The van der Waals surface area contributed by atoms with Crippen molar-refractivity contribution in [2.45, 2.75) is 20.3 Å². The fourth-order valence-corrected chi connectivity index (χ4v) is 0.875. The van der Waals surface area contributed by atoms with Gasteiger partial charge in [0.2, 0.25) is 0 Å². The van der Waals surface area contributed by atoms with Crippen LogP contribution >= 0.6 is 0 Å². The van der Waals surface area contributed by atoms with Crippen molar-refractivity contribution in [3.05, 3.63) is 23.3 Å². The van der Waals surface area contributed by atoms with E-state index in [1.165, 1.54) is 0 Å². The maximum Gasteiger partial charge on any atom is 0.168 e. The van der Waals surface area contributed by atoms with E-state index in [9.17, 15) is 4.79 Å². The molecule has 3 heteroatoms. The maximum absolute atomic E-state index is 10.3. The highest BCUT2D eigenvalue weighted by Crippen LogP contribution is 1.98. The number of carbonyl (C=O) groups excluding carboxylic acids is 1. The lowest BCUT2D eigenvalue weighted by atomic mass is 10.3. The first-order valence-corrected chi connectivity index (χ1v) is 3.56. The quantitative estimate of drug-likeness (QED) is 0.594. The van der Waals surface area contributed by atoms with Crippen molar-refractivity contribution in [3.63, 3.8) is 0 Å². The van der Waals surface area contributed by atoms with E-state index in [0.29, 0.717) is 5.69 Å². The molecule has 0 saturated carbocycles. The number of aromatic nitrogens is 2. The van der Waals surface area contributed by atoms with E-state index in [1.54, 1.807) is 6.07 Å². The van der Waals surface area contributed by atoms with Gasteiger partial charge in [-0.2, -0.15) is 0 Å². The zero-order valence-corrected chi connectivity index (χ0v) is 6.66. The summed E-state index contributed by atoms with van der Waals surface area (Å²) in [6.45, 7) is 3.82. The molecule has 0 aromatic carbocycles. The minimum Gasteiger partial charge on any atom is -0.296 e. The zero-order valence-electron chi connectivity index (χ0n) is 6.66. The van der Waals surface area contributed by atoms with Gasteiger partial charge in [0, 0.05) is 12.1 Å². The number of rotatable bonds is 2. The number of hydrogen-bond donors (Lipinski definition) is 0. The van der Waals surface area contributed by atoms with Crippen LogP contribution in [0.4, 0.5) is 0 Å². The molecule has 1 aromatic rings. The van der Waals surface area contributed by atoms with Crippen molar-refractivity contribution < 1.29 is 4.79 Å². The van der Waals surface area contributed by atoms with Crippen LogP contribution in [0.2, 0.25) is 0 Å². The molecule has 0 unspecified atom stereocenters. The van der Waals surface area contributed by atoms with Crippen LogP contribution in [0.5, 0.6) is 0 Å². The number of hydrogen-bond acceptors (Lipinski definition) is 3. The number of aryl methyl sites for hydroxylation is 2. The maximum atomic E-state index is 10.3. The third kappa shape index (κ3) is 1.83. The normalized spacial score (nSPS) is 9.64. The largest absolute Gasteiger partial charge is 0.296 e. The molecule has 3 nitrogen and oxygen atoms in total. The predicted molar refractivity (Wildman–Crippen MR) is 41.5 cm³/mol. The second-order valence-corrected chi connectivity index (χ2v) is 2.32. The van der Waals surface area contributed by atoms with E-state index in [2.05, 4.69) is 9.97 Å². The average molecular weight is 150 g/mol. The van der Waals surface area contributed by atoms with Gasteiger partial charge in [0.1, 0.15) is 11.5 Å². The van der Waals surface area contributed by atoms with Crippen molar-refractivity contribution in [1.82, 2.24) is 9.97 Å². The standard InChI is InChI=1S/C8H10N2O/c1-3-8-9-6(2)4-7(5-11)10-8/h4-5H,3H2,1-2H3. The van der Waals surface area contributed by atoms with E-state index < -0.39 is 0 Å². The monoisotopic (exact) mass is 150 g/mol. The van der Waals surface area contributed by atoms with E-state index in [-0.39, 0.29) is 0 Å². The first-order chi connectivity index (χ1) is 5.26. The van der Waals surface area contributed by atoms with Crippen LogP contribution in [0.1, 0.15) is 28.9 Å². The van der Waals surface area contributed by atoms with E-state index in [1.807, 2.05) is 13.8 Å². The Balaban J connectivity index is 3.11. The summed E-state index contributed by atoms with van der Waals surface area (Å²) in [6.07, 6.45) is 1.51. The Morgan fingerprint density at radius 3 is 2.82 bits per heavy atom. The third-order valence-electron chi connectivity index (χ3n) is 1.36. The Labute approximate surface area is 65.5 Å². The molecule has 0 spiro atoms. The van der Waals surface area contributed by atoms with Gasteiger partial charge in [-0.05, 0) is 13.0 Å². The van der Waals surface area contributed by atoms with Gasteiger partial charge in [-0.15, -0.1) is 0 Å². The van der Waals surface area contributed by atoms with Crippen LogP contribution in [-0.4, -0.2) is 16.3 Å². The second kappa shape index (κ2) is 3.23. The van der Waals surface area contributed by atoms with Crippen LogP contribution in [0.15, 0.2) is 6.07 Å². The molecule has 0 aliphatic heterocycles. The van der Waals surface area contributed by atoms with Crippen molar-refractivity contribution in [2.75, 3.05) is 0 Å². The SMILES string of the molecule is CCc1nc(C)cc(C=O)n1. The molecule has 58 valence electrons. The topological polar surface area (TPSA) is 42.9 Å². The molecule has 0 fully saturated rings. The van der Waals surface area contributed by atoms with Crippen LogP contribution < -0.4 is 0 Å². The molecule has 1 aromatic heterocycles. The molecule has 0 bridgehead atoms. The third-order valence-corrected chi connectivity index (χ3v) is 1.36. The van der Waals surface area contributed by atoms with Gasteiger partial charge in [0.25, 0.3) is 0 Å². The Bertz CT molecular complexity index is 271. The molecule has 1 heterocycles. The first kappa shape index (κ1) is 7.85. The van der Waals surface area contributed by atoms with E-state index in [4.69, 9.17) is 0 Å². The summed E-state index contributed by atoms with van der Waals surface area (Å²) < 4.78 is 0. The molecule has 0 aliphatic rings. The highest BCUT2D eigenvalue weighted by atomic mass is 16.1. The van der Waals surface area contributed by atoms with E-state index in [0.717, 1.165) is 24.2 Å². The molecular weight excluding hydrogens is 140 g/mol. The average Bonchev–Trinajstić information content (AvgIpc) is 2.03. The number of nitrogens with zero attached hydrogens (tertiary/aromatic N) is 2. The van der Waals surface area contributed by atoms with E-state index >= 15 is 0 Å².